The average molecular weight is 521 g/mol. The predicted molar refractivity (Wildman–Crippen MR) is 147 cm³/mol. The topological polar surface area (TPSA) is 56.8 Å². The molecule has 1 aromatic carbocycles. The van der Waals surface area contributed by atoms with Gasteiger partial charge in [-0.1, -0.05) is 30.4 Å². The van der Waals surface area contributed by atoms with Crippen molar-refractivity contribution in [3.8, 4) is 5.69 Å². The lowest BCUT2D eigenvalue weighted by Crippen LogP contribution is -2.14. The second-order valence-corrected chi connectivity index (χ2v) is 10.5. The number of aromatic nitrogens is 1. The molecule has 0 radical (unpaired) electrons. The van der Waals surface area contributed by atoms with E-state index >= 15 is 4.39 Å². The molecule has 2 N–H and O–H groups in total. The molecule has 2 heterocycles. The minimum atomic E-state index is -0.989. The van der Waals surface area contributed by atoms with Crippen LogP contribution in [0.2, 0.25) is 0 Å². The van der Waals surface area contributed by atoms with E-state index in [-0.39, 0.29) is 16.8 Å². The zero-order valence-electron chi connectivity index (χ0n) is 21.3. The summed E-state index contributed by atoms with van der Waals surface area (Å²) in [5.74, 6) is -1.97. The summed E-state index contributed by atoms with van der Waals surface area (Å²) in [6.45, 7) is 3.90. The lowest BCUT2D eigenvalue weighted by Gasteiger charge is -2.11. The summed E-state index contributed by atoms with van der Waals surface area (Å²) in [4.78, 5) is 13.4. The van der Waals surface area contributed by atoms with Crippen molar-refractivity contribution in [1.82, 2.24) is 5.32 Å². The highest BCUT2D eigenvalue weighted by molar-refractivity contribution is 7.20. The number of nitrogens with one attached hydrogen (secondary N) is 2. The second-order valence-electron chi connectivity index (χ2n) is 9.67. The van der Waals surface area contributed by atoms with Crippen LogP contribution in [0.5, 0.6) is 0 Å². The number of hydrogen-bond acceptors (Lipinski definition) is 3. The Bertz CT molecular complexity index is 1320. The van der Waals surface area contributed by atoms with E-state index in [2.05, 4.69) is 31.0 Å². The molecule has 7 heteroatoms. The number of benzene rings is 1. The number of carbonyl (C=O) groups excluding carboxylic acids is 1. The summed E-state index contributed by atoms with van der Waals surface area (Å²) in [5, 5.41) is 12.3. The molecule has 37 heavy (non-hydrogen) atoms. The van der Waals surface area contributed by atoms with Gasteiger partial charge in [-0.25, -0.2) is 8.78 Å². The van der Waals surface area contributed by atoms with Crippen LogP contribution in [0.1, 0.15) is 85.5 Å². The van der Waals surface area contributed by atoms with Crippen LogP contribution in [-0.4, -0.2) is 16.8 Å². The summed E-state index contributed by atoms with van der Waals surface area (Å²) < 4.78 is 32.4. The molecular formula is C30H33F2N3OP+. The van der Waals surface area contributed by atoms with Crippen molar-refractivity contribution in [3.63, 3.8) is 0 Å². The summed E-state index contributed by atoms with van der Waals surface area (Å²) in [6.07, 6.45) is 16.2. The number of pyridine rings is 1. The first kappa shape index (κ1) is 26.8. The van der Waals surface area contributed by atoms with Crippen molar-refractivity contribution in [2.24, 2.45) is 0 Å². The minimum absolute atomic E-state index is 0.0432. The molecule has 0 aromatic heterocycles. The van der Waals surface area contributed by atoms with Crippen LogP contribution in [0.3, 0.4) is 0 Å². The molecule has 1 saturated carbocycles. The summed E-state index contributed by atoms with van der Waals surface area (Å²) >= 11 is 0. The lowest BCUT2D eigenvalue weighted by atomic mass is 9.96. The van der Waals surface area contributed by atoms with Crippen LogP contribution >= 0.6 is 8.86 Å². The maximum Gasteiger partial charge on any atom is 0.279 e. The Hall–Kier alpha value is -3.24. The highest BCUT2D eigenvalue weighted by Gasteiger charge is 2.49. The van der Waals surface area contributed by atoms with Crippen LogP contribution < -0.4 is 9.88 Å². The van der Waals surface area contributed by atoms with Gasteiger partial charge in [-0.2, -0.15) is 4.57 Å². The van der Waals surface area contributed by atoms with Gasteiger partial charge < -0.3 is 10.7 Å². The Morgan fingerprint density at radius 3 is 2.68 bits per heavy atom. The Morgan fingerprint density at radius 1 is 1.24 bits per heavy atom. The molecular weight excluding hydrogens is 487 g/mol. The van der Waals surface area contributed by atoms with E-state index in [1.54, 1.807) is 12.3 Å². The third-order valence-corrected chi connectivity index (χ3v) is 6.79. The van der Waals surface area contributed by atoms with Crippen molar-refractivity contribution in [2.75, 3.05) is 0 Å². The minimum Gasteiger partial charge on any atom is -0.367 e. The second kappa shape index (κ2) is 11.9. The van der Waals surface area contributed by atoms with Gasteiger partial charge in [0.2, 0.25) is 0 Å². The number of hydrogen-bond donors (Lipinski definition) is 2. The van der Waals surface area contributed by atoms with Crippen molar-refractivity contribution in [1.29, 1.82) is 5.41 Å². The molecule has 4 rings (SSSR count). The molecule has 0 spiro atoms. The largest absolute Gasteiger partial charge is 0.367 e. The Morgan fingerprint density at radius 2 is 2.03 bits per heavy atom. The van der Waals surface area contributed by atoms with Gasteiger partial charge in [-0.15, -0.1) is 8.86 Å². The van der Waals surface area contributed by atoms with Crippen LogP contribution in [-0.2, 0) is 6.42 Å². The Kier molecular flexibility index (Phi) is 8.60. The highest BCUT2D eigenvalue weighted by Crippen LogP contribution is 2.45. The van der Waals surface area contributed by atoms with E-state index in [0.717, 1.165) is 35.7 Å². The number of fused-ring (bicyclic) bond motifs is 1. The lowest BCUT2D eigenvalue weighted by molar-refractivity contribution is -0.524. The molecule has 1 fully saturated rings. The smallest absolute Gasteiger partial charge is 0.279 e. The third-order valence-electron chi connectivity index (χ3n) is 6.54. The maximum absolute atomic E-state index is 15.4. The average Bonchev–Trinajstić information content (AvgIpc) is 3.76. The van der Waals surface area contributed by atoms with E-state index in [9.17, 15) is 9.18 Å². The molecule has 2 aliphatic heterocycles. The molecule has 3 aliphatic rings. The van der Waals surface area contributed by atoms with Crippen LogP contribution in [0.4, 0.5) is 8.78 Å². The zero-order valence-corrected chi connectivity index (χ0v) is 22.3. The van der Waals surface area contributed by atoms with Gasteiger partial charge in [0.05, 0.1) is 11.5 Å². The van der Waals surface area contributed by atoms with Gasteiger partial charge in [-0.05, 0) is 70.2 Å². The van der Waals surface area contributed by atoms with Crippen molar-refractivity contribution < 1.29 is 18.1 Å². The fourth-order valence-electron chi connectivity index (χ4n) is 4.38. The highest BCUT2D eigenvalue weighted by atomic mass is 31.0. The standard InChI is InChI=1S/C30H32F2N3OP/c1-3-4-15-34-17-22(9-6-8-20-16-26-29(21-11-12-21)35(26)18-20)30(36)27-24(31)14-13-23(28(27)32)25(33)10-5-7-19(2)37/h4,6,9,13-18,21,33,37H,3,5,7-8,10-12H2,1-2H3/p+1. The molecule has 0 amide bonds. The van der Waals surface area contributed by atoms with E-state index in [0.29, 0.717) is 19.3 Å². The van der Waals surface area contributed by atoms with Crippen LogP contribution in [0.15, 0.2) is 60.6 Å². The molecule has 0 unspecified atom stereocenters. The molecule has 192 valence electrons. The first-order chi connectivity index (χ1) is 17.8. The molecule has 0 bridgehead atoms. The predicted octanol–water partition coefficient (Wildman–Crippen LogP) is 6.68. The van der Waals surface area contributed by atoms with Crippen LogP contribution in [0.25, 0.3) is 5.69 Å². The quantitative estimate of drug-likeness (QED) is 0.0622. The molecule has 4 nitrogen and oxygen atoms in total. The van der Waals surface area contributed by atoms with Crippen LogP contribution in [0, 0.1) is 17.0 Å². The number of allylic oxidation sites excluding steroid dienone is 4. The van der Waals surface area contributed by atoms with E-state index in [4.69, 9.17) is 5.41 Å². The Labute approximate surface area is 219 Å². The number of carbonyl (C=O) groups is 1. The number of ketones is 1. The fraction of sp³-hybridized carbons (Fsp3) is 0.333. The normalized spacial score (nSPS) is 14.4. The molecule has 0 atom stereocenters. The van der Waals surface area contributed by atoms with Crippen molar-refractivity contribution in [3.05, 3.63) is 94.6 Å². The number of nitrogens with zero attached hydrogens (tertiary/aromatic N) is 1. The van der Waals surface area contributed by atoms with Gasteiger partial charge in [0.25, 0.3) is 11.4 Å². The van der Waals surface area contributed by atoms with Gasteiger partial charge >= 0.3 is 0 Å². The number of Topliss-reactive ketones (excluding diaryl/α,β-unsaturated/α-hetero) is 1. The van der Waals surface area contributed by atoms with Crippen molar-refractivity contribution in [2.45, 2.75) is 64.7 Å². The zero-order chi connectivity index (χ0) is 26.5. The maximum atomic E-state index is 15.4. The van der Waals surface area contributed by atoms with E-state index in [1.807, 2.05) is 26.0 Å². The first-order valence-electron chi connectivity index (χ1n) is 12.8. The summed E-state index contributed by atoms with van der Waals surface area (Å²) in [7, 11) is 3.43. The molecule has 0 saturated heterocycles. The molecule has 1 aliphatic carbocycles. The fourth-order valence-corrected chi connectivity index (χ4v) is 4.56. The van der Waals surface area contributed by atoms with Crippen molar-refractivity contribution >= 4 is 25.7 Å². The van der Waals surface area contributed by atoms with Gasteiger partial charge in [-0.3, -0.25) is 4.79 Å². The monoisotopic (exact) mass is 520 g/mol. The van der Waals surface area contributed by atoms with Gasteiger partial charge in [0, 0.05) is 34.7 Å². The SMILES string of the molecule is CCC=CNC=C(C=CCc1cc2c(C3CC3)[n+]-2c1)C(=O)c1c(F)ccc(C(=N)CCCC(C)=P)c1F. The number of halogens is 2. The third kappa shape index (κ3) is 6.56. The Balaban J connectivity index is 1.53. The van der Waals surface area contributed by atoms with E-state index < -0.39 is 23.0 Å². The summed E-state index contributed by atoms with van der Waals surface area (Å²) in [5.41, 5.74) is 3.35. The molecule has 1 aromatic rings. The number of rotatable bonds is 14. The van der Waals surface area contributed by atoms with Gasteiger partial charge in [0.15, 0.2) is 12.0 Å². The van der Waals surface area contributed by atoms with E-state index in [1.165, 1.54) is 36.5 Å². The first-order valence-corrected chi connectivity index (χ1v) is 13.3. The summed E-state index contributed by atoms with van der Waals surface area (Å²) in [6, 6.07) is 4.47. The van der Waals surface area contributed by atoms with Gasteiger partial charge in [0.1, 0.15) is 11.6 Å².